The number of aliphatic hydroxyl groups excluding tert-OH is 1. The monoisotopic (exact) mass is 284 g/mol. The van der Waals surface area contributed by atoms with Gasteiger partial charge in [-0.15, -0.1) is 0 Å². The van der Waals surface area contributed by atoms with Crippen LogP contribution in [0.1, 0.15) is 59.8 Å². The second-order valence-electron chi connectivity index (χ2n) is 6.84. The molecule has 4 heteroatoms. The largest absolute Gasteiger partial charge is 0.396 e. The highest BCUT2D eigenvalue weighted by Gasteiger charge is 2.26. The van der Waals surface area contributed by atoms with Gasteiger partial charge in [-0.1, -0.05) is 19.8 Å². The Labute approximate surface area is 123 Å². The Kier molecular flexibility index (Phi) is 6.96. The van der Waals surface area contributed by atoms with Crippen LogP contribution in [0.3, 0.4) is 0 Å². The quantitative estimate of drug-likeness (QED) is 0.670. The van der Waals surface area contributed by atoms with Crippen molar-refractivity contribution in [2.45, 2.75) is 71.4 Å². The molecule has 20 heavy (non-hydrogen) atoms. The van der Waals surface area contributed by atoms with Crippen LogP contribution < -0.4 is 10.6 Å². The fraction of sp³-hybridized carbons (Fsp3) is 0.938. The smallest absolute Gasteiger partial charge is 0.237 e. The van der Waals surface area contributed by atoms with Crippen molar-refractivity contribution in [1.82, 2.24) is 10.6 Å². The first-order chi connectivity index (χ1) is 9.39. The number of aliphatic hydroxyl groups is 1. The molecule has 1 amide bonds. The summed E-state index contributed by atoms with van der Waals surface area (Å²) in [6, 6.07) is -0.179. The van der Waals surface area contributed by atoms with Crippen molar-refractivity contribution in [3.05, 3.63) is 0 Å². The molecule has 0 radical (unpaired) electrons. The number of nitrogens with one attached hydrogen (secondary N) is 2. The molecule has 1 fully saturated rings. The van der Waals surface area contributed by atoms with Crippen LogP contribution in [0.4, 0.5) is 0 Å². The summed E-state index contributed by atoms with van der Waals surface area (Å²) in [5.41, 5.74) is -0.147. The highest BCUT2D eigenvalue weighted by Crippen LogP contribution is 2.29. The molecule has 0 aromatic carbocycles. The predicted octanol–water partition coefficient (Wildman–Crippen LogP) is 2.07. The molecule has 3 N–H and O–H groups in total. The standard InChI is InChI=1S/C16H32N2O2/c1-5-16(3,4)18-15(20)12(2)17-10-13-8-6-7-9-14(13)11-19/h12-14,17,19H,5-11H2,1-4H3,(H,18,20). The lowest BCUT2D eigenvalue weighted by Gasteiger charge is -2.32. The molecule has 3 atom stereocenters. The van der Waals surface area contributed by atoms with E-state index in [9.17, 15) is 9.90 Å². The van der Waals surface area contributed by atoms with Gasteiger partial charge in [0.2, 0.25) is 5.91 Å². The van der Waals surface area contributed by atoms with Crippen LogP contribution in [0, 0.1) is 11.8 Å². The molecule has 1 saturated carbocycles. The van der Waals surface area contributed by atoms with Crippen molar-refractivity contribution < 1.29 is 9.90 Å². The molecule has 0 aliphatic heterocycles. The van der Waals surface area contributed by atoms with E-state index in [0.29, 0.717) is 11.8 Å². The van der Waals surface area contributed by atoms with E-state index in [1.807, 2.05) is 20.8 Å². The van der Waals surface area contributed by atoms with Crippen LogP contribution in [0.2, 0.25) is 0 Å². The topological polar surface area (TPSA) is 61.4 Å². The molecule has 0 bridgehead atoms. The zero-order valence-electron chi connectivity index (χ0n) is 13.5. The van der Waals surface area contributed by atoms with Crippen molar-refractivity contribution in [2.75, 3.05) is 13.2 Å². The van der Waals surface area contributed by atoms with Crippen LogP contribution in [0.25, 0.3) is 0 Å². The molecular formula is C16H32N2O2. The summed E-state index contributed by atoms with van der Waals surface area (Å²) < 4.78 is 0. The molecular weight excluding hydrogens is 252 g/mol. The van der Waals surface area contributed by atoms with E-state index in [1.165, 1.54) is 12.8 Å². The summed E-state index contributed by atoms with van der Waals surface area (Å²) in [5, 5.41) is 15.8. The lowest BCUT2D eigenvalue weighted by Crippen LogP contribution is -2.51. The molecule has 4 nitrogen and oxygen atoms in total. The van der Waals surface area contributed by atoms with Crippen molar-refractivity contribution in [3.63, 3.8) is 0 Å². The Balaban J connectivity index is 2.38. The second-order valence-corrected chi connectivity index (χ2v) is 6.84. The number of rotatable bonds is 7. The van der Waals surface area contributed by atoms with E-state index >= 15 is 0 Å². The van der Waals surface area contributed by atoms with Crippen LogP contribution >= 0.6 is 0 Å². The highest BCUT2D eigenvalue weighted by molar-refractivity contribution is 5.81. The summed E-state index contributed by atoms with van der Waals surface area (Å²) in [5.74, 6) is 0.968. The minimum absolute atomic E-state index is 0.0632. The van der Waals surface area contributed by atoms with Gasteiger partial charge in [0.25, 0.3) is 0 Å². The third kappa shape index (κ3) is 5.41. The van der Waals surface area contributed by atoms with Crippen LogP contribution in [-0.2, 0) is 4.79 Å². The number of carbonyl (C=O) groups excluding carboxylic acids is 1. The normalized spacial score (nSPS) is 25.2. The van der Waals surface area contributed by atoms with Crippen molar-refractivity contribution in [2.24, 2.45) is 11.8 Å². The van der Waals surface area contributed by atoms with E-state index < -0.39 is 0 Å². The summed E-state index contributed by atoms with van der Waals surface area (Å²) in [6.45, 7) is 9.17. The van der Waals surface area contributed by atoms with Crippen molar-refractivity contribution in [1.29, 1.82) is 0 Å². The maximum Gasteiger partial charge on any atom is 0.237 e. The average molecular weight is 284 g/mol. The zero-order valence-corrected chi connectivity index (χ0v) is 13.5. The molecule has 1 rings (SSSR count). The Morgan fingerprint density at radius 1 is 1.30 bits per heavy atom. The molecule has 1 aliphatic rings. The first-order valence-corrected chi connectivity index (χ1v) is 8.06. The number of amides is 1. The Morgan fingerprint density at radius 2 is 1.90 bits per heavy atom. The van der Waals surface area contributed by atoms with Gasteiger partial charge in [0.05, 0.1) is 6.04 Å². The van der Waals surface area contributed by atoms with Gasteiger partial charge in [-0.25, -0.2) is 0 Å². The molecule has 0 spiro atoms. The van der Waals surface area contributed by atoms with E-state index in [1.54, 1.807) is 0 Å². The summed E-state index contributed by atoms with van der Waals surface area (Å²) in [4.78, 5) is 12.1. The zero-order chi connectivity index (χ0) is 15.2. The van der Waals surface area contributed by atoms with E-state index in [-0.39, 0.29) is 24.1 Å². The fourth-order valence-electron chi connectivity index (χ4n) is 2.74. The Morgan fingerprint density at radius 3 is 2.45 bits per heavy atom. The summed E-state index contributed by atoms with van der Waals surface area (Å²) >= 11 is 0. The van der Waals surface area contributed by atoms with Crippen LogP contribution in [0.15, 0.2) is 0 Å². The van der Waals surface area contributed by atoms with Crippen LogP contribution in [0.5, 0.6) is 0 Å². The molecule has 118 valence electrons. The van der Waals surface area contributed by atoms with E-state index in [0.717, 1.165) is 25.8 Å². The lowest BCUT2D eigenvalue weighted by atomic mass is 9.79. The third-order valence-electron chi connectivity index (χ3n) is 4.73. The molecule has 1 aliphatic carbocycles. The fourth-order valence-corrected chi connectivity index (χ4v) is 2.74. The van der Waals surface area contributed by atoms with Gasteiger partial charge in [0.15, 0.2) is 0 Å². The lowest BCUT2D eigenvalue weighted by molar-refractivity contribution is -0.124. The van der Waals surface area contributed by atoms with Crippen molar-refractivity contribution in [3.8, 4) is 0 Å². The van der Waals surface area contributed by atoms with Crippen LogP contribution in [-0.4, -0.2) is 35.7 Å². The van der Waals surface area contributed by atoms with Gasteiger partial charge in [-0.05, 0) is 58.4 Å². The third-order valence-corrected chi connectivity index (χ3v) is 4.73. The first kappa shape index (κ1) is 17.4. The maximum atomic E-state index is 12.1. The van der Waals surface area contributed by atoms with Gasteiger partial charge in [0, 0.05) is 12.1 Å². The van der Waals surface area contributed by atoms with E-state index in [2.05, 4.69) is 17.6 Å². The summed E-state index contributed by atoms with van der Waals surface area (Å²) in [6.07, 6.45) is 5.66. The minimum Gasteiger partial charge on any atom is -0.396 e. The molecule has 3 unspecified atom stereocenters. The molecule has 0 saturated heterocycles. The molecule has 0 aromatic rings. The van der Waals surface area contributed by atoms with E-state index in [4.69, 9.17) is 0 Å². The first-order valence-electron chi connectivity index (χ1n) is 8.06. The molecule has 0 heterocycles. The Hall–Kier alpha value is -0.610. The number of hydrogen-bond donors (Lipinski definition) is 3. The van der Waals surface area contributed by atoms with Gasteiger partial charge in [0.1, 0.15) is 0 Å². The van der Waals surface area contributed by atoms with Gasteiger partial charge < -0.3 is 15.7 Å². The maximum absolute atomic E-state index is 12.1. The average Bonchev–Trinajstić information content (AvgIpc) is 2.44. The Bertz CT molecular complexity index is 305. The SMILES string of the molecule is CCC(C)(C)NC(=O)C(C)NCC1CCCCC1CO. The van der Waals surface area contributed by atoms with Crippen molar-refractivity contribution >= 4 is 5.91 Å². The highest BCUT2D eigenvalue weighted by atomic mass is 16.3. The molecule has 0 aromatic heterocycles. The van der Waals surface area contributed by atoms with Gasteiger partial charge >= 0.3 is 0 Å². The summed E-state index contributed by atoms with van der Waals surface area (Å²) in [7, 11) is 0. The predicted molar refractivity (Wildman–Crippen MR) is 82.5 cm³/mol. The van der Waals surface area contributed by atoms with Gasteiger partial charge in [-0.3, -0.25) is 4.79 Å². The number of carbonyl (C=O) groups is 1. The number of hydrogen-bond acceptors (Lipinski definition) is 3. The van der Waals surface area contributed by atoms with Gasteiger partial charge in [-0.2, -0.15) is 0 Å². The minimum atomic E-state index is -0.179. The second kappa shape index (κ2) is 7.99.